The van der Waals surface area contributed by atoms with Gasteiger partial charge in [-0.15, -0.1) is 0 Å². The topological polar surface area (TPSA) is 94.1 Å². The largest absolute Gasteiger partial charge is 0.340 e. The highest BCUT2D eigenvalue weighted by Crippen LogP contribution is 2.64. The van der Waals surface area contributed by atoms with E-state index in [0.717, 1.165) is 25.1 Å². The van der Waals surface area contributed by atoms with Gasteiger partial charge in [0.15, 0.2) is 5.82 Å². The van der Waals surface area contributed by atoms with E-state index in [1.807, 2.05) is 6.92 Å². The summed E-state index contributed by atoms with van der Waals surface area (Å²) in [5.41, 5.74) is 0.149. The molecule has 9 heteroatoms. The highest BCUT2D eigenvalue weighted by Gasteiger charge is 2.58. The zero-order chi connectivity index (χ0) is 16.9. The molecule has 8 nitrogen and oxygen atoms in total. The van der Waals surface area contributed by atoms with E-state index >= 15 is 0 Å². The first-order chi connectivity index (χ1) is 11.4. The van der Waals surface area contributed by atoms with E-state index in [2.05, 4.69) is 15.2 Å². The van der Waals surface area contributed by atoms with Crippen molar-refractivity contribution in [3.63, 3.8) is 0 Å². The summed E-state index contributed by atoms with van der Waals surface area (Å²) in [6.07, 6.45) is 5.74. The minimum Gasteiger partial charge on any atom is -0.340 e. The second-order valence-corrected chi connectivity index (χ2v) is 8.66. The number of hydrogen-bond donors (Lipinski definition) is 0. The van der Waals surface area contributed by atoms with Gasteiger partial charge in [-0.3, -0.25) is 4.68 Å². The van der Waals surface area contributed by atoms with Crippen molar-refractivity contribution in [2.45, 2.75) is 50.5 Å². The van der Waals surface area contributed by atoms with Crippen LogP contribution in [0.2, 0.25) is 0 Å². The molecule has 3 heterocycles. The first kappa shape index (κ1) is 15.8. The van der Waals surface area contributed by atoms with E-state index in [-0.39, 0.29) is 10.3 Å². The SMILES string of the molecule is CCn1cc(S(=O)(=O)N2CCC3(CC2)CC3c2noc(C)n2)cn1. The molecular weight excluding hydrogens is 330 g/mol. The Balaban J connectivity index is 1.45. The van der Waals surface area contributed by atoms with Crippen molar-refractivity contribution >= 4 is 10.0 Å². The molecule has 1 aliphatic carbocycles. The van der Waals surface area contributed by atoms with Crippen molar-refractivity contribution in [3.05, 3.63) is 24.1 Å². The molecule has 0 bridgehead atoms. The van der Waals surface area contributed by atoms with E-state index in [9.17, 15) is 8.42 Å². The molecule has 1 aliphatic heterocycles. The minimum absolute atomic E-state index is 0.149. The van der Waals surface area contributed by atoms with Gasteiger partial charge < -0.3 is 4.52 Å². The van der Waals surface area contributed by atoms with Gasteiger partial charge in [0.05, 0.1) is 6.20 Å². The number of piperidine rings is 1. The van der Waals surface area contributed by atoms with Crippen LogP contribution in [0.4, 0.5) is 0 Å². The van der Waals surface area contributed by atoms with Crippen LogP contribution >= 0.6 is 0 Å². The maximum absolute atomic E-state index is 12.7. The van der Waals surface area contributed by atoms with E-state index in [4.69, 9.17) is 4.52 Å². The number of sulfonamides is 1. The van der Waals surface area contributed by atoms with Crippen LogP contribution in [0.5, 0.6) is 0 Å². The van der Waals surface area contributed by atoms with Gasteiger partial charge in [-0.05, 0) is 31.6 Å². The van der Waals surface area contributed by atoms with Gasteiger partial charge in [0, 0.05) is 38.7 Å². The third-order valence-corrected chi connectivity index (χ3v) is 7.19. The summed E-state index contributed by atoms with van der Waals surface area (Å²) in [6, 6.07) is 0. The van der Waals surface area contributed by atoms with E-state index in [1.54, 1.807) is 22.1 Å². The minimum atomic E-state index is -3.45. The fourth-order valence-electron chi connectivity index (χ4n) is 3.69. The molecule has 2 aromatic rings. The second-order valence-electron chi connectivity index (χ2n) is 6.73. The molecule has 1 saturated heterocycles. The summed E-state index contributed by atoms with van der Waals surface area (Å²) >= 11 is 0. The molecule has 1 saturated carbocycles. The summed E-state index contributed by atoms with van der Waals surface area (Å²) in [5.74, 6) is 1.66. The number of aromatic nitrogens is 4. The smallest absolute Gasteiger partial charge is 0.246 e. The third kappa shape index (κ3) is 2.46. The summed E-state index contributed by atoms with van der Waals surface area (Å²) in [4.78, 5) is 4.61. The highest BCUT2D eigenvalue weighted by molar-refractivity contribution is 7.89. The van der Waals surface area contributed by atoms with Crippen molar-refractivity contribution in [2.24, 2.45) is 5.41 Å². The summed E-state index contributed by atoms with van der Waals surface area (Å²) < 4.78 is 33.7. The van der Waals surface area contributed by atoms with Gasteiger partial charge in [-0.25, -0.2) is 8.42 Å². The first-order valence-electron chi connectivity index (χ1n) is 8.27. The molecule has 2 aromatic heterocycles. The van der Waals surface area contributed by atoms with Crippen LogP contribution in [0.1, 0.15) is 43.8 Å². The van der Waals surface area contributed by atoms with Crippen molar-refractivity contribution in [3.8, 4) is 0 Å². The molecule has 1 spiro atoms. The maximum atomic E-state index is 12.7. The third-order valence-electron chi connectivity index (χ3n) is 5.33. The fourth-order valence-corrected chi connectivity index (χ4v) is 5.09. The predicted octanol–water partition coefficient (Wildman–Crippen LogP) is 1.55. The Bertz CT molecular complexity index is 848. The Kier molecular flexibility index (Phi) is 3.54. The molecule has 1 unspecified atom stereocenters. The summed E-state index contributed by atoms with van der Waals surface area (Å²) in [6.45, 7) is 5.45. The quantitative estimate of drug-likeness (QED) is 0.829. The van der Waals surface area contributed by atoms with Gasteiger partial charge in [0.2, 0.25) is 15.9 Å². The molecular formula is C15H21N5O3S. The lowest BCUT2D eigenvalue weighted by molar-refractivity contribution is 0.249. The second kappa shape index (κ2) is 5.38. The Morgan fingerprint density at radius 2 is 2.12 bits per heavy atom. The molecule has 4 rings (SSSR count). The van der Waals surface area contributed by atoms with Crippen molar-refractivity contribution in [2.75, 3.05) is 13.1 Å². The molecule has 0 radical (unpaired) electrons. The van der Waals surface area contributed by atoms with E-state index in [1.165, 1.54) is 6.20 Å². The Labute approximate surface area is 140 Å². The Morgan fingerprint density at radius 3 is 2.71 bits per heavy atom. The van der Waals surface area contributed by atoms with E-state index in [0.29, 0.717) is 31.4 Å². The van der Waals surface area contributed by atoms with Crippen LogP contribution in [0.3, 0.4) is 0 Å². The number of nitrogens with zero attached hydrogens (tertiary/aromatic N) is 5. The standard InChI is InChI=1S/C15H21N5O3S/c1-3-19-10-12(9-16-19)24(21,22)20-6-4-15(5-7-20)8-13(15)14-17-11(2)23-18-14/h9-10,13H,3-8H2,1-2H3. The van der Waals surface area contributed by atoms with Gasteiger partial charge in [0.1, 0.15) is 4.90 Å². The lowest BCUT2D eigenvalue weighted by atomic mass is 9.92. The van der Waals surface area contributed by atoms with Crippen LogP contribution in [0, 0.1) is 12.3 Å². The van der Waals surface area contributed by atoms with E-state index < -0.39 is 10.0 Å². The monoisotopic (exact) mass is 351 g/mol. The average molecular weight is 351 g/mol. The number of aryl methyl sites for hydroxylation is 2. The first-order valence-corrected chi connectivity index (χ1v) is 9.71. The molecule has 2 fully saturated rings. The molecule has 1 atom stereocenters. The number of rotatable bonds is 4. The molecule has 0 N–H and O–H groups in total. The van der Waals surface area contributed by atoms with Crippen LogP contribution < -0.4 is 0 Å². The predicted molar refractivity (Wildman–Crippen MR) is 84.7 cm³/mol. The average Bonchev–Trinajstić information content (AvgIpc) is 2.96. The summed E-state index contributed by atoms with van der Waals surface area (Å²) in [7, 11) is -3.45. The van der Waals surface area contributed by atoms with Gasteiger partial charge in [-0.1, -0.05) is 5.16 Å². The lowest BCUT2D eigenvalue weighted by Crippen LogP contribution is -2.39. The Hall–Kier alpha value is -1.74. The van der Waals surface area contributed by atoms with Crippen molar-refractivity contribution in [1.82, 2.24) is 24.2 Å². The molecule has 130 valence electrons. The molecule has 2 aliphatic rings. The lowest BCUT2D eigenvalue weighted by Gasteiger charge is -2.31. The van der Waals surface area contributed by atoms with Crippen molar-refractivity contribution in [1.29, 1.82) is 0 Å². The normalized spacial score (nSPS) is 23.7. The van der Waals surface area contributed by atoms with Crippen LogP contribution in [-0.4, -0.2) is 45.7 Å². The van der Waals surface area contributed by atoms with Gasteiger partial charge in [-0.2, -0.15) is 14.4 Å². The number of hydrogen-bond acceptors (Lipinski definition) is 6. The summed E-state index contributed by atoms with van der Waals surface area (Å²) in [5, 5.41) is 8.10. The molecule has 0 amide bonds. The van der Waals surface area contributed by atoms with Gasteiger partial charge in [0.25, 0.3) is 0 Å². The molecule has 0 aromatic carbocycles. The van der Waals surface area contributed by atoms with Crippen LogP contribution in [0.25, 0.3) is 0 Å². The van der Waals surface area contributed by atoms with Crippen LogP contribution in [0.15, 0.2) is 21.8 Å². The Morgan fingerprint density at radius 1 is 1.38 bits per heavy atom. The zero-order valence-electron chi connectivity index (χ0n) is 13.8. The fraction of sp³-hybridized carbons (Fsp3) is 0.667. The van der Waals surface area contributed by atoms with Crippen LogP contribution in [-0.2, 0) is 16.6 Å². The highest BCUT2D eigenvalue weighted by atomic mass is 32.2. The molecule has 24 heavy (non-hydrogen) atoms. The van der Waals surface area contributed by atoms with Gasteiger partial charge >= 0.3 is 0 Å². The maximum Gasteiger partial charge on any atom is 0.246 e. The zero-order valence-corrected chi connectivity index (χ0v) is 14.7. The van der Waals surface area contributed by atoms with Crippen molar-refractivity contribution < 1.29 is 12.9 Å².